The zero-order valence-corrected chi connectivity index (χ0v) is 12.2. The lowest BCUT2D eigenvalue weighted by Gasteiger charge is -2.51. The van der Waals surface area contributed by atoms with E-state index < -0.39 is 49.0 Å². The number of β-amino-alcohol motifs (C(OH)–C–C–N with tert-alkyl or cyclic N) is 2. The van der Waals surface area contributed by atoms with Gasteiger partial charge in [-0.25, -0.2) is 9.59 Å². The number of fused-ring (bicyclic) bond motifs is 1. The predicted molar refractivity (Wildman–Crippen MR) is 72.4 cm³/mol. The molecule has 11 nitrogen and oxygen atoms in total. The number of aliphatic hydroxyl groups excluding tert-OH is 3. The number of aliphatic hydroxyl groups is 3. The largest absolute Gasteiger partial charge is 0.396 e. The van der Waals surface area contributed by atoms with Crippen LogP contribution in [0.4, 0.5) is 9.59 Å². The molecule has 2 rings (SSSR count). The van der Waals surface area contributed by atoms with Crippen molar-refractivity contribution >= 4 is 18.0 Å². The molecule has 5 N–H and O–H groups in total. The Kier molecular flexibility index (Phi) is 4.42. The van der Waals surface area contributed by atoms with Gasteiger partial charge in [-0.05, 0) is 0 Å². The first-order valence-electron chi connectivity index (χ1n) is 6.92. The molecule has 0 aromatic heterocycles. The van der Waals surface area contributed by atoms with Crippen LogP contribution in [0.25, 0.3) is 0 Å². The third kappa shape index (κ3) is 2.11. The average molecular weight is 327 g/mol. The Morgan fingerprint density at radius 1 is 1.04 bits per heavy atom. The Labute approximate surface area is 131 Å². The number of hydrogen-bond donors (Lipinski definition) is 5. The third-order valence-electron chi connectivity index (χ3n) is 4.01. The maximum absolute atomic E-state index is 12.8. The summed E-state index contributed by atoms with van der Waals surface area (Å²) in [6.45, 7) is -2.23. The SMILES string of the molecule is N#CC12NC(=O)NC1(CCO)C(=O)N(CCO)C(=O)N2CCO. The molecule has 2 heterocycles. The van der Waals surface area contributed by atoms with Gasteiger partial charge < -0.3 is 26.0 Å². The molecule has 0 aromatic rings. The number of carbonyl (C=O) groups excluding carboxylic acids is 3. The van der Waals surface area contributed by atoms with Gasteiger partial charge in [-0.1, -0.05) is 0 Å². The second kappa shape index (κ2) is 5.99. The van der Waals surface area contributed by atoms with E-state index in [1.807, 2.05) is 0 Å². The van der Waals surface area contributed by atoms with E-state index in [0.717, 1.165) is 4.90 Å². The Morgan fingerprint density at radius 2 is 1.70 bits per heavy atom. The lowest BCUT2D eigenvalue weighted by molar-refractivity contribution is -0.146. The van der Waals surface area contributed by atoms with Gasteiger partial charge in [-0.3, -0.25) is 14.6 Å². The van der Waals surface area contributed by atoms with Crippen molar-refractivity contribution in [2.75, 3.05) is 32.9 Å². The van der Waals surface area contributed by atoms with Crippen molar-refractivity contribution in [2.45, 2.75) is 17.6 Å². The summed E-state index contributed by atoms with van der Waals surface area (Å²) < 4.78 is 0. The van der Waals surface area contributed by atoms with Gasteiger partial charge in [-0.2, -0.15) is 5.26 Å². The Bertz CT molecular complexity index is 577. The topological polar surface area (TPSA) is 166 Å². The Hall–Kier alpha value is -2.42. The first-order valence-corrected chi connectivity index (χ1v) is 6.92. The van der Waals surface area contributed by atoms with Gasteiger partial charge in [0.15, 0.2) is 5.54 Å². The molecule has 0 radical (unpaired) electrons. The van der Waals surface area contributed by atoms with Crippen LogP contribution in [0.5, 0.6) is 0 Å². The van der Waals surface area contributed by atoms with Crippen LogP contribution in [-0.4, -0.2) is 87.2 Å². The van der Waals surface area contributed by atoms with E-state index in [9.17, 15) is 29.9 Å². The normalized spacial score (nSPS) is 29.9. The Morgan fingerprint density at radius 3 is 2.22 bits per heavy atom. The van der Waals surface area contributed by atoms with Crippen LogP contribution in [0.3, 0.4) is 0 Å². The van der Waals surface area contributed by atoms with Crippen LogP contribution in [0.1, 0.15) is 6.42 Å². The lowest BCUT2D eigenvalue weighted by Crippen LogP contribution is -2.81. The van der Waals surface area contributed by atoms with Crippen LogP contribution in [0.2, 0.25) is 0 Å². The summed E-state index contributed by atoms with van der Waals surface area (Å²) in [7, 11) is 0. The van der Waals surface area contributed by atoms with E-state index in [0.29, 0.717) is 4.90 Å². The van der Waals surface area contributed by atoms with Gasteiger partial charge in [0, 0.05) is 19.6 Å². The molecule has 2 aliphatic heterocycles. The van der Waals surface area contributed by atoms with Gasteiger partial charge in [0.25, 0.3) is 5.91 Å². The molecule has 2 atom stereocenters. The summed E-state index contributed by atoms with van der Waals surface area (Å²) in [5.41, 5.74) is -3.98. The fourth-order valence-electron chi connectivity index (χ4n) is 3.06. The summed E-state index contributed by atoms with van der Waals surface area (Å²) in [4.78, 5) is 38.7. The van der Waals surface area contributed by atoms with Crippen molar-refractivity contribution in [1.82, 2.24) is 20.4 Å². The maximum atomic E-state index is 12.8. The molecule has 0 aliphatic carbocycles. The molecule has 0 aromatic carbocycles. The van der Waals surface area contributed by atoms with Crippen LogP contribution in [-0.2, 0) is 4.79 Å². The van der Waals surface area contributed by atoms with Gasteiger partial charge >= 0.3 is 12.1 Å². The third-order valence-corrected chi connectivity index (χ3v) is 4.01. The quantitative estimate of drug-likeness (QED) is 0.344. The first kappa shape index (κ1) is 16.9. The summed E-state index contributed by atoms with van der Waals surface area (Å²) in [5, 5.41) is 41.8. The molecule has 2 aliphatic rings. The monoisotopic (exact) mass is 327 g/mol. The summed E-state index contributed by atoms with van der Waals surface area (Å²) in [6.07, 6.45) is -0.324. The van der Waals surface area contributed by atoms with Crippen LogP contribution in [0.15, 0.2) is 0 Å². The highest BCUT2D eigenvalue weighted by atomic mass is 16.3. The number of imide groups is 1. The highest BCUT2D eigenvalue weighted by molar-refractivity contribution is 6.08. The maximum Gasteiger partial charge on any atom is 0.329 e. The second-order valence-corrected chi connectivity index (χ2v) is 5.12. The average Bonchev–Trinajstić information content (AvgIpc) is 2.82. The van der Waals surface area contributed by atoms with Crippen LogP contribution in [0, 0.1) is 11.3 Å². The van der Waals surface area contributed by atoms with Gasteiger partial charge in [0.05, 0.1) is 19.8 Å². The van der Waals surface area contributed by atoms with E-state index in [-0.39, 0.29) is 19.5 Å². The number of urea groups is 2. The number of nitrogens with zero attached hydrogens (tertiary/aromatic N) is 3. The fourth-order valence-corrected chi connectivity index (χ4v) is 3.06. The first-order chi connectivity index (χ1) is 10.9. The predicted octanol–water partition coefficient (Wildman–Crippen LogP) is -3.11. The van der Waals surface area contributed by atoms with E-state index in [1.165, 1.54) is 0 Å². The molecule has 126 valence electrons. The minimum Gasteiger partial charge on any atom is -0.396 e. The van der Waals surface area contributed by atoms with Gasteiger partial charge in [0.2, 0.25) is 5.66 Å². The number of nitrogens with one attached hydrogen (secondary N) is 2. The zero-order valence-electron chi connectivity index (χ0n) is 12.2. The number of rotatable bonds is 6. The molecule has 0 saturated carbocycles. The Balaban J connectivity index is 2.65. The zero-order chi connectivity index (χ0) is 17.3. The number of carbonyl (C=O) groups is 3. The summed E-state index contributed by atoms with van der Waals surface area (Å²) in [6, 6.07) is 0.00109. The molecule has 11 heteroatoms. The van der Waals surface area contributed by atoms with Crippen LogP contribution >= 0.6 is 0 Å². The van der Waals surface area contributed by atoms with Crippen molar-refractivity contribution in [3.05, 3.63) is 0 Å². The highest BCUT2D eigenvalue weighted by Gasteiger charge is 2.72. The standard InChI is InChI=1S/C12H17N5O6/c13-7-12-11(1-4-18,14-9(22)15-12)8(21)16(2-5-19)10(23)17(12)3-6-20/h18-20H,1-6H2,(H2,14,15,22). The molecule has 2 unspecified atom stereocenters. The van der Waals surface area contributed by atoms with Crippen molar-refractivity contribution in [2.24, 2.45) is 0 Å². The van der Waals surface area contributed by atoms with Gasteiger partial charge in [-0.15, -0.1) is 0 Å². The lowest BCUT2D eigenvalue weighted by atomic mass is 9.78. The second-order valence-electron chi connectivity index (χ2n) is 5.12. The van der Waals surface area contributed by atoms with Crippen LogP contribution < -0.4 is 10.6 Å². The minimum atomic E-state index is -2.07. The van der Waals surface area contributed by atoms with E-state index in [1.54, 1.807) is 6.07 Å². The van der Waals surface area contributed by atoms with Gasteiger partial charge in [0.1, 0.15) is 6.07 Å². The molecule has 2 saturated heterocycles. The molecular weight excluding hydrogens is 310 g/mol. The summed E-state index contributed by atoms with van der Waals surface area (Å²) >= 11 is 0. The van der Waals surface area contributed by atoms with Crippen molar-refractivity contribution < 1.29 is 29.7 Å². The summed E-state index contributed by atoms with van der Waals surface area (Å²) in [5.74, 6) is -0.903. The molecular formula is C12H17N5O6. The fraction of sp³-hybridized carbons (Fsp3) is 0.667. The highest BCUT2D eigenvalue weighted by Crippen LogP contribution is 2.39. The van der Waals surface area contributed by atoms with Crippen molar-refractivity contribution in [1.29, 1.82) is 5.26 Å². The van der Waals surface area contributed by atoms with E-state index >= 15 is 0 Å². The molecule has 23 heavy (non-hydrogen) atoms. The van der Waals surface area contributed by atoms with Crippen molar-refractivity contribution in [3.63, 3.8) is 0 Å². The smallest absolute Gasteiger partial charge is 0.329 e. The molecule has 5 amide bonds. The molecule has 0 bridgehead atoms. The molecule has 2 fully saturated rings. The minimum absolute atomic E-state index is 0.323. The van der Waals surface area contributed by atoms with E-state index in [4.69, 9.17) is 5.11 Å². The number of hydrogen-bond acceptors (Lipinski definition) is 7. The van der Waals surface area contributed by atoms with E-state index in [2.05, 4.69) is 10.6 Å². The number of nitriles is 1. The van der Waals surface area contributed by atoms with Crippen molar-refractivity contribution in [3.8, 4) is 6.07 Å². The molecule has 0 spiro atoms. The number of amides is 5.